The molecule has 1 aromatic carbocycles. The van der Waals surface area contributed by atoms with E-state index in [2.05, 4.69) is 0 Å². The molecule has 90 valence electrons. The van der Waals surface area contributed by atoms with Crippen molar-refractivity contribution < 1.29 is 9.53 Å². The van der Waals surface area contributed by atoms with Gasteiger partial charge < -0.3 is 4.74 Å². The summed E-state index contributed by atoms with van der Waals surface area (Å²) in [5, 5.41) is 0. The van der Waals surface area contributed by atoms with Gasteiger partial charge >= 0.3 is 5.97 Å². The third kappa shape index (κ3) is 5.54. The third-order valence-electron chi connectivity index (χ3n) is 1.65. The second kappa shape index (κ2) is 6.31. The van der Waals surface area contributed by atoms with Crippen LogP contribution in [0.2, 0.25) is 0 Å². The van der Waals surface area contributed by atoms with Gasteiger partial charge in [-0.15, -0.1) is 0 Å². The number of rotatable bonds is 1. The summed E-state index contributed by atoms with van der Waals surface area (Å²) in [6.07, 6.45) is 0. The minimum Gasteiger partial charge on any atom is -0.456 e. The number of carbonyl (C=O) groups is 1. The zero-order valence-corrected chi connectivity index (χ0v) is 11.1. The van der Waals surface area contributed by atoms with E-state index >= 15 is 0 Å². The normalized spacial score (nSPS) is 10.1. The first kappa shape index (κ1) is 14.7. The smallest absolute Gasteiger partial charge is 0.338 e. The maximum atomic E-state index is 11.6. The van der Waals surface area contributed by atoms with Crippen LogP contribution in [-0.4, -0.2) is 11.6 Å². The first-order valence-electron chi connectivity index (χ1n) is 5.68. The van der Waals surface area contributed by atoms with Crippen molar-refractivity contribution in [2.45, 2.75) is 47.1 Å². The Balaban J connectivity index is 0.00000106. The quantitative estimate of drug-likeness (QED) is 0.672. The van der Waals surface area contributed by atoms with Crippen LogP contribution in [0.25, 0.3) is 0 Å². The number of esters is 1. The Hall–Kier alpha value is -1.31. The monoisotopic (exact) mass is 222 g/mol. The predicted octanol–water partition coefficient (Wildman–Crippen LogP) is 3.98. The SMILES string of the molecule is CC.Cc1cccc(C(=O)OC(C)(C)C)c1. The topological polar surface area (TPSA) is 26.3 Å². The van der Waals surface area contributed by atoms with Crippen molar-refractivity contribution >= 4 is 5.97 Å². The third-order valence-corrected chi connectivity index (χ3v) is 1.65. The molecule has 0 heterocycles. The molecular formula is C14H22O2. The van der Waals surface area contributed by atoms with Gasteiger partial charge in [0, 0.05) is 0 Å². The fourth-order valence-electron chi connectivity index (χ4n) is 1.11. The summed E-state index contributed by atoms with van der Waals surface area (Å²) >= 11 is 0. The van der Waals surface area contributed by atoms with Gasteiger partial charge in [0.1, 0.15) is 5.60 Å². The molecule has 0 radical (unpaired) electrons. The van der Waals surface area contributed by atoms with E-state index in [9.17, 15) is 4.79 Å². The molecule has 2 heteroatoms. The first-order valence-corrected chi connectivity index (χ1v) is 5.68. The molecule has 0 saturated heterocycles. The molecule has 0 unspecified atom stereocenters. The highest BCUT2D eigenvalue weighted by Gasteiger charge is 2.17. The Morgan fingerprint density at radius 2 is 1.75 bits per heavy atom. The largest absolute Gasteiger partial charge is 0.456 e. The van der Waals surface area contributed by atoms with Crippen LogP contribution >= 0.6 is 0 Å². The fourth-order valence-corrected chi connectivity index (χ4v) is 1.11. The van der Waals surface area contributed by atoms with E-state index in [1.54, 1.807) is 6.07 Å². The summed E-state index contributed by atoms with van der Waals surface area (Å²) < 4.78 is 5.24. The van der Waals surface area contributed by atoms with Crippen molar-refractivity contribution in [2.24, 2.45) is 0 Å². The number of aryl methyl sites for hydroxylation is 1. The molecule has 0 saturated carbocycles. The minimum absolute atomic E-state index is 0.263. The molecule has 16 heavy (non-hydrogen) atoms. The van der Waals surface area contributed by atoms with E-state index in [0.29, 0.717) is 5.56 Å². The van der Waals surface area contributed by atoms with Crippen molar-refractivity contribution in [3.63, 3.8) is 0 Å². The van der Waals surface area contributed by atoms with Crippen LogP contribution in [0.1, 0.15) is 50.5 Å². The van der Waals surface area contributed by atoms with E-state index in [4.69, 9.17) is 4.74 Å². The van der Waals surface area contributed by atoms with Gasteiger partial charge in [0.15, 0.2) is 0 Å². The summed E-state index contributed by atoms with van der Waals surface area (Å²) in [5.74, 6) is -0.263. The van der Waals surface area contributed by atoms with Crippen LogP contribution in [-0.2, 0) is 4.74 Å². The molecule has 0 aliphatic carbocycles. The average Bonchev–Trinajstić information content (AvgIpc) is 2.18. The van der Waals surface area contributed by atoms with Crippen LogP contribution in [0.15, 0.2) is 24.3 Å². The van der Waals surface area contributed by atoms with E-state index in [1.165, 1.54) is 0 Å². The lowest BCUT2D eigenvalue weighted by Gasteiger charge is -2.19. The number of carbonyl (C=O) groups excluding carboxylic acids is 1. The molecule has 0 atom stereocenters. The van der Waals surface area contributed by atoms with Gasteiger partial charge in [0.2, 0.25) is 0 Å². The van der Waals surface area contributed by atoms with Crippen LogP contribution in [0.5, 0.6) is 0 Å². The maximum absolute atomic E-state index is 11.6. The van der Waals surface area contributed by atoms with E-state index in [1.807, 2.05) is 59.7 Å². The molecule has 1 rings (SSSR count). The lowest BCUT2D eigenvalue weighted by molar-refractivity contribution is 0.00694. The molecule has 2 nitrogen and oxygen atoms in total. The van der Waals surface area contributed by atoms with Crippen LogP contribution < -0.4 is 0 Å². The van der Waals surface area contributed by atoms with Gasteiger partial charge in [-0.25, -0.2) is 4.79 Å². The fraction of sp³-hybridized carbons (Fsp3) is 0.500. The van der Waals surface area contributed by atoms with E-state index < -0.39 is 5.60 Å². The molecule has 0 N–H and O–H groups in total. The molecule has 0 aromatic heterocycles. The van der Waals surface area contributed by atoms with Crippen molar-refractivity contribution in [2.75, 3.05) is 0 Å². The Morgan fingerprint density at radius 3 is 2.19 bits per heavy atom. The van der Waals surface area contributed by atoms with Crippen LogP contribution in [0, 0.1) is 6.92 Å². The number of ether oxygens (including phenoxy) is 1. The molecule has 0 bridgehead atoms. The Labute approximate surface area is 98.6 Å². The van der Waals surface area contributed by atoms with E-state index in [-0.39, 0.29) is 5.97 Å². The van der Waals surface area contributed by atoms with Crippen LogP contribution in [0.3, 0.4) is 0 Å². The second-order valence-corrected chi connectivity index (χ2v) is 4.37. The Kier molecular flexibility index (Phi) is 5.79. The molecule has 0 amide bonds. The number of hydrogen-bond acceptors (Lipinski definition) is 2. The van der Waals surface area contributed by atoms with Crippen molar-refractivity contribution in [3.8, 4) is 0 Å². The zero-order chi connectivity index (χ0) is 12.8. The summed E-state index contributed by atoms with van der Waals surface area (Å²) in [6, 6.07) is 7.40. The Bertz CT molecular complexity index is 335. The number of benzene rings is 1. The van der Waals surface area contributed by atoms with Crippen molar-refractivity contribution in [1.82, 2.24) is 0 Å². The minimum atomic E-state index is -0.430. The van der Waals surface area contributed by atoms with Gasteiger partial charge in [-0.2, -0.15) is 0 Å². The van der Waals surface area contributed by atoms with Gasteiger partial charge in [0.25, 0.3) is 0 Å². The highest BCUT2D eigenvalue weighted by Crippen LogP contribution is 2.12. The highest BCUT2D eigenvalue weighted by atomic mass is 16.6. The van der Waals surface area contributed by atoms with Gasteiger partial charge in [-0.1, -0.05) is 31.5 Å². The molecule has 0 aliphatic rings. The van der Waals surface area contributed by atoms with Crippen LogP contribution in [0.4, 0.5) is 0 Å². The maximum Gasteiger partial charge on any atom is 0.338 e. The average molecular weight is 222 g/mol. The summed E-state index contributed by atoms with van der Waals surface area (Å²) in [7, 11) is 0. The summed E-state index contributed by atoms with van der Waals surface area (Å²) in [6.45, 7) is 11.5. The molecule has 0 aliphatic heterocycles. The Morgan fingerprint density at radius 1 is 1.19 bits per heavy atom. The molecule has 0 fully saturated rings. The lowest BCUT2D eigenvalue weighted by Crippen LogP contribution is -2.23. The zero-order valence-electron chi connectivity index (χ0n) is 11.1. The second-order valence-electron chi connectivity index (χ2n) is 4.37. The molecular weight excluding hydrogens is 200 g/mol. The summed E-state index contributed by atoms with van der Waals surface area (Å²) in [5.41, 5.74) is 1.24. The molecule has 0 spiro atoms. The first-order chi connectivity index (χ1) is 7.38. The summed E-state index contributed by atoms with van der Waals surface area (Å²) in [4.78, 5) is 11.6. The predicted molar refractivity (Wildman–Crippen MR) is 67.7 cm³/mol. The standard InChI is InChI=1S/C12H16O2.C2H6/c1-9-6-5-7-10(8-9)11(13)14-12(2,3)4;1-2/h5-8H,1-4H3;1-2H3. The van der Waals surface area contributed by atoms with Gasteiger partial charge in [-0.05, 0) is 39.8 Å². The van der Waals surface area contributed by atoms with Gasteiger partial charge in [0.05, 0.1) is 5.56 Å². The molecule has 1 aromatic rings. The van der Waals surface area contributed by atoms with Crippen molar-refractivity contribution in [3.05, 3.63) is 35.4 Å². The lowest BCUT2D eigenvalue weighted by atomic mass is 10.1. The van der Waals surface area contributed by atoms with E-state index in [0.717, 1.165) is 5.56 Å². The number of hydrogen-bond donors (Lipinski definition) is 0. The van der Waals surface area contributed by atoms with Gasteiger partial charge in [-0.3, -0.25) is 0 Å². The van der Waals surface area contributed by atoms with Crippen molar-refractivity contribution in [1.29, 1.82) is 0 Å². The highest BCUT2D eigenvalue weighted by molar-refractivity contribution is 5.89.